The van der Waals surface area contributed by atoms with Crippen molar-refractivity contribution in [3.05, 3.63) is 47.5 Å². The quantitative estimate of drug-likeness (QED) is 0.852. The third-order valence-electron chi connectivity index (χ3n) is 4.16. The van der Waals surface area contributed by atoms with E-state index in [9.17, 15) is 0 Å². The first kappa shape index (κ1) is 16.3. The largest absolute Gasteiger partial charge is 0.379 e. The summed E-state index contributed by atoms with van der Waals surface area (Å²) >= 11 is 5.73. The van der Waals surface area contributed by atoms with Crippen molar-refractivity contribution in [2.75, 3.05) is 39.9 Å². The molecule has 2 heterocycles. The highest BCUT2D eigenvalue weighted by atomic mass is 35.5. The Morgan fingerprint density at radius 2 is 1.78 bits per heavy atom. The first-order valence-corrected chi connectivity index (χ1v) is 8.19. The van der Waals surface area contributed by atoms with E-state index in [0.717, 1.165) is 44.0 Å². The third-order valence-corrected chi connectivity index (χ3v) is 4.35. The van der Waals surface area contributed by atoms with Gasteiger partial charge in [-0.3, -0.25) is 4.90 Å². The fourth-order valence-electron chi connectivity index (χ4n) is 2.77. The second-order valence-electron chi connectivity index (χ2n) is 5.62. The van der Waals surface area contributed by atoms with Gasteiger partial charge in [-0.1, -0.05) is 24.3 Å². The molecular formula is C17H21ClN4O. The summed E-state index contributed by atoms with van der Waals surface area (Å²) in [5.41, 5.74) is 3.33. The number of benzene rings is 1. The molecule has 0 saturated carbocycles. The minimum absolute atomic E-state index is 0.270. The van der Waals surface area contributed by atoms with E-state index in [1.165, 1.54) is 5.56 Å². The summed E-state index contributed by atoms with van der Waals surface area (Å²) in [5, 5.41) is 3.68. The van der Waals surface area contributed by atoms with Gasteiger partial charge in [-0.15, -0.1) is 0 Å². The Morgan fingerprint density at radius 1 is 1.13 bits per heavy atom. The Morgan fingerprint density at radius 3 is 2.39 bits per heavy atom. The smallest absolute Gasteiger partial charge is 0.222 e. The lowest BCUT2D eigenvalue weighted by Crippen LogP contribution is -2.41. The minimum atomic E-state index is 0.270. The Balaban J connectivity index is 1.70. The molecule has 1 fully saturated rings. The molecule has 5 nitrogen and oxygen atoms in total. The van der Waals surface area contributed by atoms with Crippen molar-refractivity contribution in [3.8, 4) is 11.1 Å². The van der Waals surface area contributed by atoms with Gasteiger partial charge in [-0.05, 0) is 29.8 Å². The lowest BCUT2D eigenvalue weighted by Gasteiger charge is -2.30. The molecule has 0 radical (unpaired) electrons. The molecule has 2 aromatic rings. The van der Waals surface area contributed by atoms with Crippen molar-refractivity contribution in [1.29, 1.82) is 0 Å². The zero-order valence-corrected chi connectivity index (χ0v) is 14.0. The number of likely N-dealkylation sites (N-methyl/N-ethyl adjacent to an activating group) is 1. The Hall–Kier alpha value is -1.53. The van der Waals surface area contributed by atoms with Gasteiger partial charge in [0.1, 0.15) is 0 Å². The number of rotatable bonds is 5. The molecule has 0 spiro atoms. The van der Waals surface area contributed by atoms with Crippen LogP contribution in [0.4, 0.5) is 0 Å². The highest BCUT2D eigenvalue weighted by Gasteiger charge is 2.17. The number of nitrogens with one attached hydrogen (secondary N) is 1. The van der Waals surface area contributed by atoms with Crippen molar-refractivity contribution in [2.45, 2.75) is 6.04 Å². The highest BCUT2D eigenvalue weighted by Crippen LogP contribution is 2.22. The lowest BCUT2D eigenvalue weighted by atomic mass is 10.0. The van der Waals surface area contributed by atoms with Crippen LogP contribution < -0.4 is 5.32 Å². The summed E-state index contributed by atoms with van der Waals surface area (Å²) in [6, 6.07) is 8.83. The number of ether oxygens (including phenoxy) is 1. The molecule has 1 unspecified atom stereocenters. The molecule has 6 heteroatoms. The lowest BCUT2D eigenvalue weighted by molar-refractivity contribution is 0.0338. The fourth-order valence-corrected chi connectivity index (χ4v) is 2.87. The van der Waals surface area contributed by atoms with Gasteiger partial charge in [-0.25, -0.2) is 9.97 Å². The van der Waals surface area contributed by atoms with Gasteiger partial charge < -0.3 is 10.1 Å². The number of halogens is 1. The molecule has 122 valence electrons. The van der Waals surface area contributed by atoms with Crippen LogP contribution in [0, 0.1) is 0 Å². The van der Waals surface area contributed by atoms with E-state index in [2.05, 4.69) is 44.5 Å². The number of aromatic nitrogens is 2. The molecule has 1 aromatic carbocycles. The van der Waals surface area contributed by atoms with Crippen molar-refractivity contribution in [3.63, 3.8) is 0 Å². The fraction of sp³-hybridized carbons (Fsp3) is 0.412. The molecule has 1 saturated heterocycles. The van der Waals surface area contributed by atoms with Crippen LogP contribution in [0.5, 0.6) is 0 Å². The average Bonchev–Trinajstić information content (AvgIpc) is 2.61. The number of hydrogen-bond donors (Lipinski definition) is 1. The number of hydrogen-bond acceptors (Lipinski definition) is 5. The summed E-state index contributed by atoms with van der Waals surface area (Å²) in [7, 11) is 2.01. The average molecular weight is 333 g/mol. The van der Waals surface area contributed by atoms with Crippen molar-refractivity contribution >= 4 is 11.6 Å². The molecule has 1 aliphatic rings. The van der Waals surface area contributed by atoms with E-state index in [1.807, 2.05) is 7.05 Å². The maximum atomic E-state index is 5.73. The summed E-state index contributed by atoms with van der Waals surface area (Å²) in [4.78, 5) is 10.5. The molecule has 1 aromatic heterocycles. The van der Waals surface area contributed by atoms with E-state index < -0.39 is 0 Å². The second-order valence-corrected chi connectivity index (χ2v) is 5.96. The molecule has 1 aliphatic heterocycles. The van der Waals surface area contributed by atoms with Crippen LogP contribution in [0.25, 0.3) is 11.1 Å². The monoisotopic (exact) mass is 332 g/mol. The SMILES string of the molecule is CNC(CN1CCOCC1)c1ccc(-c2cnc(Cl)nc2)cc1. The first-order valence-electron chi connectivity index (χ1n) is 7.81. The molecular weight excluding hydrogens is 312 g/mol. The second kappa shape index (κ2) is 7.84. The third kappa shape index (κ3) is 4.26. The predicted molar refractivity (Wildman–Crippen MR) is 91.5 cm³/mol. The van der Waals surface area contributed by atoms with Crippen LogP contribution in [-0.4, -0.2) is 54.8 Å². The van der Waals surface area contributed by atoms with Crippen LogP contribution in [0.3, 0.4) is 0 Å². The Kier molecular flexibility index (Phi) is 5.56. The van der Waals surface area contributed by atoms with Crippen LogP contribution in [-0.2, 0) is 4.74 Å². The molecule has 3 rings (SSSR count). The molecule has 1 atom stereocenters. The normalized spacial score (nSPS) is 17.1. The maximum Gasteiger partial charge on any atom is 0.222 e. The molecule has 0 aliphatic carbocycles. The van der Waals surface area contributed by atoms with Crippen molar-refractivity contribution < 1.29 is 4.74 Å². The first-order chi connectivity index (χ1) is 11.3. The van der Waals surface area contributed by atoms with E-state index >= 15 is 0 Å². The number of nitrogens with zero attached hydrogens (tertiary/aromatic N) is 3. The van der Waals surface area contributed by atoms with Crippen LogP contribution in [0.15, 0.2) is 36.7 Å². The highest BCUT2D eigenvalue weighted by molar-refractivity contribution is 6.28. The summed E-state index contributed by atoms with van der Waals surface area (Å²) < 4.78 is 5.41. The van der Waals surface area contributed by atoms with Gasteiger partial charge in [0, 0.05) is 43.6 Å². The number of morpholine rings is 1. The predicted octanol–water partition coefficient (Wildman–Crippen LogP) is 2.39. The molecule has 0 amide bonds. The standard InChI is InChI=1S/C17H21ClN4O/c1-19-16(12-22-6-8-23-9-7-22)14-4-2-13(3-5-14)15-10-20-17(18)21-11-15/h2-5,10-11,16,19H,6-9,12H2,1H3. The maximum absolute atomic E-state index is 5.73. The zero-order chi connectivity index (χ0) is 16.1. The summed E-state index contributed by atoms with van der Waals surface area (Å²) in [6.07, 6.45) is 3.49. The van der Waals surface area contributed by atoms with Crippen molar-refractivity contribution in [1.82, 2.24) is 20.2 Å². The van der Waals surface area contributed by atoms with Gasteiger partial charge in [-0.2, -0.15) is 0 Å². The van der Waals surface area contributed by atoms with Crippen LogP contribution in [0.2, 0.25) is 5.28 Å². The Bertz CT molecular complexity index is 611. The van der Waals surface area contributed by atoms with Gasteiger partial charge >= 0.3 is 0 Å². The molecule has 1 N–H and O–H groups in total. The topological polar surface area (TPSA) is 50.3 Å². The Labute approximate surface area is 141 Å². The summed E-state index contributed by atoms with van der Waals surface area (Å²) in [6.45, 7) is 4.64. The van der Waals surface area contributed by atoms with E-state index in [-0.39, 0.29) is 5.28 Å². The van der Waals surface area contributed by atoms with Gasteiger partial charge in [0.25, 0.3) is 0 Å². The summed E-state index contributed by atoms with van der Waals surface area (Å²) in [5.74, 6) is 0. The van der Waals surface area contributed by atoms with E-state index in [0.29, 0.717) is 6.04 Å². The molecule has 23 heavy (non-hydrogen) atoms. The van der Waals surface area contributed by atoms with Gasteiger partial charge in [0.2, 0.25) is 5.28 Å². The van der Waals surface area contributed by atoms with Gasteiger partial charge in [0.15, 0.2) is 0 Å². The van der Waals surface area contributed by atoms with Crippen LogP contribution >= 0.6 is 11.6 Å². The minimum Gasteiger partial charge on any atom is -0.379 e. The van der Waals surface area contributed by atoms with Gasteiger partial charge in [0.05, 0.1) is 13.2 Å². The van der Waals surface area contributed by atoms with Crippen LogP contribution in [0.1, 0.15) is 11.6 Å². The van der Waals surface area contributed by atoms with Crippen molar-refractivity contribution in [2.24, 2.45) is 0 Å². The van der Waals surface area contributed by atoms with E-state index in [4.69, 9.17) is 16.3 Å². The van der Waals surface area contributed by atoms with E-state index in [1.54, 1.807) is 12.4 Å². The molecule has 0 bridgehead atoms. The zero-order valence-electron chi connectivity index (χ0n) is 13.2.